The summed E-state index contributed by atoms with van der Waals surface area (Å²) in [6, 6.07) is 9.52. The van der Waals surface area contributed by atoms with Gasteiger partial charge in [0.2, 0.25) is 10.0 Å². The topological polar surface area (TPSA) is 66.4 Å². The summed E-state index contributed by atoms with van der Waals surface area (Å²) in [4.78, 5) is 0. The van der Waals surface area contributed by atoms with Crippen LogP contribution in [0.15, 0.2) is 30.3 Å². The van der Waals surface area contributed by atoms with E-state index in [4.69, 9.17) is 0 Å². The van der Waals surface area contributed by atoms with Crippen LogP contribution in [0.25, 0.3) is 0 Å². The first kappa shape index (κ1) is 15.1. The summed E-state index contributed by atoms with van der Waals surface area (Å²) in [7, 11) is -3.24. The van der Waals surface area contributed by atoms with E-state index in [1.165, 1.54) is 0 Å². The molecule has 1 rings (SSSR count). The highest BCUT2D eigenvalue weighted by molar-refractivity contribution is 7.89. The number of benzene rings is 1. The zero-order chi connectivity index (χ0) is 13.4. The number of rotatable bonds is 8. The highest BCUT2D eigenvalue weighted by Crippen LogP contribution is 2.02. The predicted octanol–water partition coefficient (Wildman–Crippen LogP) is 1.31. The number of aryl methyl sites for hydroxylation is 1. The van der Waals surface area contributed by atoms with E-state index in [-0.39, 0.29) is 5.75 Å². The number of hydrogen-bond acceptors (Lipinski definition) is 3. The summed E-state index contributed by atoms with van der Waals surface area (Å²) in [5, 5.41) is 9.33. The van der Waals surface area contributed by atoms with Gasteiger partial charge in [0.1, 0.15) is 0 Å². The first-order chi connectivity index (χ1) is 8.53. The molecule has 0 saturated heterocycles. The van der Waals surface area contributed by atoms with Crippen molar-refractivity contribution in [1.82, 2.24) is 4.72 Å². The minimum atomic E-state index is -3.24. The number of aliphatic hydroxyl groups excluding tert-OH is 1. The van der Waals surface area contributed by atoms with Gasteiger partial charge >= 0.3 is 0 Å². The van der Waals surface area contributed by atoms with Crippen LogP contribution in [0.1, 0.15) is 25.3 Å². The first-order valence-corrected chi connectivity index (χ1v) is 7.88. The van der Waals surface area contributed by atoms with Crippen LogP contribution in [0, 0.1) is 0 Å². The minimum absolute atomic E-state index is 0.0826. The highest BCUT2D eigenvalue weighted by Gasteiger charge is 2.10. The molecular weight excluding hydrogens is 250 g/mol. The van der Waals surface area contributed by atoms with Crippen LogP contribution >= 0.6 is 0 Å². The lowest BCUT2D eigenvalue weighted by Gasteiger charge is -2.09. The van der Waals surface area contributed by atoms with Gasteiger partial charge in [0.25, 0.3) is 0 Å². The van der Waals surface area contributed by atoms with Gasteiger partial charge in [0, 0.05) is 6.54 Å². The van der Waals surface area contributed by atoms with Gasteiger partial charge in [-0.05, 0) is 24.8 Å². The Hall–Kier alpha value is -0.910. The van der Waals surface area contributed by atoms with Crippen molar-refractivity contribution in [1.29, 1.82) is 0 Å². The molecule has 0 radical (unpaired) electrons. The van der Waals surface area contributed by atoms with E-state index in [0.717, 1.165) is 5.56 Å². The van der Waals surface area contributed by atoms with Gasteiger partial charge in [-0.3, -0.25) is 0 Å². The van der Waals surface area contributed by atoms with Gasteiger partial charge in [-0.1, -0.05) is 37.3 Å². The van der Waals surface area contributed by atoms with E-state index >= 15 is 0 Å². The van der Waals surface area contributed by atoms with Crippen molar-refractivity contribution >= 4 is 10.0 Å². The molecule has 0 aliphatic heterocycles. The molecule has 102 valence electrons. The Balaban J connectivity index is 2.32. The van der Waals surface area contributed by atoms with Crippen LogP contribution in [0.2, 0.25) is 0 Å². The van der Waals surface area contributed by atoms with Crippen molar-refractivity contribution in [2.75, 3.05) is 12.3 Å². The first-order valence-electron chi connectivity index (χ1n) is 6.23. The van der Waals surface area contributed by atoms with E-state index in [9.17, 15) is 13.5 Å². The van der Waals surface area contributed by atoms with Crippen LogP contribution in [0.3, 0.4) is 0 Å². The second-order valence-corrected chi connectivity index (χ2v) is 6.23. The Morgan fingerprint density at radius 1 is 1.28 bits per heavy atom. The number of nitrogens with one attached hydrogen (secondary N) is 1. The molecule has 0 aliphatic carbocycles. The molecule has 0 saturated carbocycles. The second-order valence-electron chi connectivity index (χ2n) is 4.30. The molecule has 1 aromatic rings. The maximum Gasteiger partial charge on any atom is 0.211 e. The molecule has 1 atom stereocenters. The van der Waals surface area contributed by atoms with Crippen molar-refractivity contribution in [2.45, 2.75) is 32.3 Å². The fraction of sp³-hybridized carbons (Fsp3) is 0.538. The standard InChI is InChI=1S/C13H21NO3S/c1-2-13(15)8-10-14-18(16,17)11-9-12-6-4-3-5-7-12/h3-7,13-15H,2,8-11H2,1H3. The summed E-state index contributed by atoms with van der Waals surface area (Å²) in [6.07, 6.45) is 1.18. The molecule has 0 heterocycles. The Labute approximate surface area is 109 Å². The third-order valence-corrected chi connectivity index (χ3v) is 4.16. The van der Waals surface area contributed by atoms with Crippen LogP contribution in [0.5, 0.6) is 0 Å². The van der Waals surface area contributed by atoms with Gasteiger partial charge in [-0.25, -0.2) is 13.1 Å². The number of aliphatic hydroxyl groups is 1. The molecule has 0 aromatic heterocycles. The second kappa shape index (κ2) is 7.51. The van der Waals surface area contributed by atoms with Crippen LogP contribution < -0.4 is 4.72 Å². The van der Waals surface area contributed by atoms with Gasteiger partial charge in [-0.15, -0.1) is 0 Å². The summed E-state index contributed by atoms with van der Waals surface area (Å²) >= 11 is 0. The molecule has 0 amide bonds. The Bertz CT molecular complexity index is 431. The molecule has 0 fully saturated rings. The molecule has 2 N–H and O–H groups in total. The van der Waals surface area contributed by atoms with Crippen LogP contribution in [-0.4, -0.2) is 31.9 Å². The van der Waals surface area contributed by atoms with Crippen molar-refractivity contribution in [2.24, 2.45) is 0 Å². The van der Waals surface area contributed by atoms with Gasteiger partial charge < -0.3 is 5.11 Å². The molecule has 5 heteroatoms. The summed E-state index contributed by atoms with van der Waals surface area (Å²) in [6.45, 7) is 2.17. The molecule has 0 aliphatic rings. The quantitative estimate of drug-likeness (QED) is 0.749. The van der Waals surface area contributed by atoms with Gasteiger partial charge in [-0.2, -0.15) is 0 Å². The maximum absolute atomic E-state index is 11.7. The summed E-state index contributed by atoms with van der Waals surface area (Å²) in [5.74, 6) is 0.0826. The van der Waals surface area contributed by atoms with E-state index in [1.807, 2.05) is 37.3 Å². The zero-order valence-electron chi connectivity index (χ0n) is 10.7. The van der Waals surface area contributed by atoms with E-state index < -0.39 is 16.1 Å². The van der Waals surface area contributed by atoms with Crippen LogP contribution in [-0.2, 0) is 16.4 Å². The molecular formula is C13H21NO3S. The molecule has 1 unspecified atom stereocenters. The molecule has 1 aromatic carbocycles. The average molecular weight is 271 g/mol. The summed E-state index contributed by atoms with van der Waals surface area (Å²) < 4.78 is 25.9. The van der Waals surface area contributed by atoms with Crippen LogP contribution in [0.4, 0.5) is 0 Å². The van der Waals surface area contributed by atoms with Crippen molar-refractivity contribution in [3.63, 3.8) is 0 Å². The SMILES string of the molecule is CCC(O)CCNS(=O)(=O)CCc1ccccc1. The lowest BCUT2D eigenvalue weighted by atomic mass is 10.2. The fourth-order valence-corrected chi connectivity index (χ4v) is 2.63. The van der Waals surface area contributed by atoms with Crippen molar-refractivity contribution in [3.8, 4) is 0 Å². The third kappa shape index (κ3) is 6.14. The predicted molar refractivity (Wildman–Crippen MR) is 72.9 cm³/mol. The third-order valence-electron chi connectivity index (χ3n) is 2.77. The largest absolute Gasteiger partial charge is 0.393 e. The Morgan fingerprint density at radius 2 is 1.94 bits per heavy atom. The number of sulfonamides is 1. The fourth-order valence-electron chi connectivity index (χ4n) is 1.55. The van der Waals surface area contributed by atoms with Crippen molar-refractivity contribution in [3.05, 3.63) is 35.9 Å². The summed E-state index contributed by atoms with van der Waals surface area (Å²) in [5.41, 5.74) is 1.01. The molecule has 4 nitrogen and oxygen atoms in total. The lowest BCUT2D eigenvalue weighted by molar-refractivity contribution is 0.162. The normalized spacial score (nSPS) is 13.4. The number of hydrogen-bond donors (Lipinski definition) is 2. The zero-order valence-corrected chi connectivity index (χ0v) is 11.5. The van der Waals surface area contributed by atoms with Crippen molar-refractivity contribution < 1.29 is 13.5 Å². The molecule has 0 spiro atoms. The monoisotopic (exact) mass is 271 g/mol. The van der Waals surface area contributed by atoms with E-state index in [2.05, 4.69) is 4.72 Å². The minimum Gasteiger partial charge on any atom is -0.393 e. The average Bonchev–Trinajstić information content (AvgIpc) is 2.37. The molecule has 18 heavy (non-hydrogen) atoms. The maximum atomic E-state index is 11.7. The van der Waals surface area contributed by atoms with Gasteiger partial charge in [0.15, 0.2) is 0 Å². The Kier molecular flexibility index (Phi) is 6.32. The van der Waals surface area contributed by atoms with E-state index in [0.29, 0.717) is 25.8 Å². The lowest BCUT2D eigenvalue weighted by Crippen LogP contribution is -2.30. The van der Waals surface area contributed by atoms with E-state index in [1.54, 1.807) is 0 Å². The van der Waals surface area contributed by atoms with Gasteiger partial charge in [0.05, 0.1) is 11.9 Å². The molecule has 0 bridgehead atoms. The Morgan fingerprint density at radius 3 is 2.56 bits per heavy atom. The smallest absolute Gasteiger partial charge is 0.211 e. The highest BCUT2D eigenvalue weighted by atomic mass is 32.2.